The maximum Gasteiger partial charge on any atom is 0.240 e. The van der Waals surface area contributed by atoms with Crippen LogP contribution in [0.25, 0.3) is 0 Å². The molecule has 0 aliphatic rings. The Bertz CT molecular complexity index is 762. The SMILES string of the molecule is Cc1cc(C)n(CCCNS(=O)(=O)c2ccc(CC(C)C)cc2)n1. The average molecular weight is 350 g/mol. The quantitative estimate of drug-likeness (QED) is 0.745. The summed E-state index contributed by atoms with van der Waals surface area (Å²) in [4.78, 5) is 0.320. The Labute approximate surface area is 145 Å². The van der Waals surface area contributed by atoms with Gasteiger partial charge in [0.25, 0.3) is 0 Å². The largest absolute Gasteiger partial charge is 0.270 e. The smallest absolute Gasteiger partial charge is 0.240 e. The Morgan fingerprint density at radius 1 is 1.17 bits per heavy atom. The Morgan fingerprint density at radius 2 is 1.83 bits per heavy atom. The lowest BCUT2D eigenvalue weighted by atomic mass is 10.0. The lowest BCUT2D eigenvalue weighted by Crippen LogP contribution is -2.25. The molecule has 0 radical (unpaired) electrons. The van der Waals surface area contributed by atoms with Gasteiger partial charge in [-0.15, -0.1) is 0 Å². The van der Waals surface area contributed by atoms with Gasteiger partial charge in [0.1, 0.15) is 0 Å². The molecule has 0 aliphatic carbocycles. The Kier molecular flexibility index (Phi) is 6.18. The number of hydrogen-bond donors (Lipinski definition) is 1. The molecule has 1 heterocycles. The summed E-state index contributed by atoms with van der Waals surface area (Å²) >= 11 is 0. The van der Waals surface area contributed by atoms with E-state index in [0.29, 0.717) is 30.3 Å². The predicted molar refractivity (Wildman–Crippen MR) is 96.5 cm³/mol. The van der Waals surface area contributed by atoms with Crippen LogP contribution in [0.1, 0.15) is 37.2 Å². The number of sulfonamides is 1. The highest BCUT2D eigenvalue weighted by Gasteiger charge is 2.13. The van der Waals surface area contributed by atoms with Crippen LogP contribution in [0.4, 0.5) is 0 Å². The van der Waals surface area contributed by atoms with Crippen molar-refractivity contribution in [2.24, 2.45) is 5.92 Å². The van der Waals surface area contributed by atoms with E-state index in [0.717, 1.165) is 23.4 Å². The fourth-order valence-corrected chi connectivity index (χ4v) is 3.77. The third-order valence-corrected chi connectivity index (χ3v) is 5.30. The zero-order chi connectivity index (χ0) is 17.7. The summed E-state index contributed by atoms with van der Waals surface area (Å²) in [5, 5.41) is 4.38. The second-order valence-corrected chi connectivity index (χ2v) is 8.41. The fraction of sp³-hybridized carbons (Fsp3) is 0.500. The van der Waals surface area contributed by atoms with Crippen LogP contribution in [-0.4, -0.2) is 24.7 Å². The van der Waals surface area contributed by atoms with E-state index in [1.807, 2.05) is 36.7 Å². The van der Waals surface area contributed by atoms with Gasteiger partial charge in [-0.1, -0.05) is 26.0 Å². The summed E-state index contributed by atoms with van der Waals surface area (Å²) in [6.07, 6.45) is 1.66. The number of aromatic nitrogens is 2. The first-order valence-electron chi connectivity index (χ1n) is 8.37. The van der Waals surface area contributed by atoms with Crippen molar-refractivity contribution in [2.45, 2.75) is 52.0 Å². The van der Waals surface area contributed by atoms with E-state index in [-0.39, 0.29) is 0 Å². The summed E-state index contributed by atoms with van der Waals surface area (Å²) in [6.45, 7) is 9.35. The fourth-order valence-electron chi connectivity index (χ4n) is 2.70. The molecule has 0 atom stereocenters. The van der Waals surface area contributed by atoms with Gasteiger partial charge >= 0.3 is 0 Å². The van der Waals surface area contributed by atoms with Crippen molar-refractivity contribution in [1.82, 2.24) is 14.5 Å². The summed E-state index contributed by atoms with van der Waals surface area (Å²) in [5.41, 5.74) is 3.24. The molecule has 1 N–H and O–H groups in total. The summed E-state index contributed by atoms with van der Waals surface area (Å²) in [7, 11) is -3.44. The number of aryl methyl sites for hydroxylation is 3. The lowest BCUT2D eigenvalue weighted by molar-refractivity contribution is 0.544. The first kappa shape index (κ1) is 18.7. The van der Waals surface area contributed by atoms with Crippen LogP contribution in [0.2, 0.25) is 0 Å². The van der Waals surface area contributed by atoms with Gasteiger partial charge in [-0.2, -0.15) is 5.10 Å². The maximum atomic E-state index is 12.3. The number of benzene rings is 1. The minimum atomic E-state index is -3.44. The highest BCUT2D eigenvalue weighted by molar-refractivity contribution is 7.89. The standard InChI is InChI=1S/C18H27N3O2S/c1-14(2)12-17-6-8-18(9-7-17)24(22,23)19-10-5-11-21-16(4)13-15(3)20-21/h6-9,13-14,19H,5,10-12H2,1-4H3. The van der Waals surface area contributed by atoms with Crippen LogP contribution >= 0.6 is 0 Å². The molecule has 5 nitrogen and oxygen atoms in total. The molecule has 0 saturated carbocycles. The molecule has 24 heavy (non-hydrogen) atoms. The summed E-state index contributed by atoms with van der Waals surface area (Å²) < 4.78 is 29.2. The van der Waals surface area contributed by atoms with Gasteiger partial charge < -0.3 is 0 Å². The van der Waals surface area contributed by atoms with Gasteiger partial charge in [-0.25, -0.2) is 13.1 Å². The molecule has 0 saturated heterocycles. The molecule has 1 aromatic carbocycles. The third-order valence-electron chi connectivity index (χ3n) is 3.82. The van der Waals surface area contributed by atoms with Gasteiger partial charge in [-0.3, -0.25) is 4.68 Å². The minimum Gasteiger partial charge on any atom is -0.270 e. The number of nitrogens with one attached hydrogen (secondary N) is 1. The van der Waals surface area contributed by atoms with Crippen LogP contribution in [-0.2, 0) is 23.0 Å². The third kappa shape index (κ3) is 5.18. The molecule has 132 valence electrons. The van der Waals surface area contributed by atoms with E-state index in [9.17, 15) is 8.42 Å². The molecule has 0 unspecified atom stereocenters. The van der Waals surface area contributed by atoms with E-state index >= 15 is 0 Å². The van der Waals surface area contributed by atoms with E-state index in [4.69, 9.17) is 0 Å². The molecule has 6 heteroatoms. The average Bonchev–Trinajstić information content (AvgIpc) is 2.81. The van der Waals surface area contributed by atoms with Crippen LogP contribution in [0.3, 0.4) is 0 Å². The summed E-state index contributed by atoms with van der Waals surface area (Å²) in [5.74, 6) is 0.556. The van der Waals surface area contributed by atoms with Gasteiger partial charge in [0, 0.05) is 18.8 Å². The molecular weight excluding hydrogens is 322 g/mol. The van der Waals surface area contributed by atoms with Crippen molar-refractivity contribution in [2.75, 3.05) is 6.54 Å². The molecule has 0 aliphatic heterocycles. The zero-order valence-corrected chi connectivity index (χ0v) is 15.7. The van der Waals surface area contributed by atoms with Gasteiger partial charge in [0.2, 0.25) is 10.0 Å². The number of rotatable bonds is 8. The summed E-state index contributed by atoms with van der Waals surface area (Å²) in [6, 6.07) is 9.17. The monoisotopic (exact) mass is 349 g/mol. The van der Waals surface area contributed by atoms with Crippen molar-refractivity contribution in [3.63, 3.8) is 0 Å². The molecule has 2 aromatic rings. The van der Waals surface area contributed by atoms with E-state index in [1.165, 1.54) is 0 Å². The molecule has 2 rings (SSSR count). The first-order chi connectivity index (χ1) is 11.3. The lowest BCUT2D eigenvalue weighted by Gasteiger charge is -2.09. The molecule has 0 amide bonds. The van der Waals surface area contributed by atoms with Crippen molar-refractivity contribution >= 4 is 10.0 Å². The van der Waals surface area contributed by atoms with Gasteiger partial charge in [0.15, 0.2) is 0 Å². The highest BCUT2D eigenvalue weighted by atomic mass is 32.2. The van der Waals surface area contributed by atoms with Gasteiger partial charge in [-0.05, 0) is 56.4 Å². The van der Waals surface area contributed by atoms with Crippen LogP contribution in [0, 0.1) is 19.8 Å². The minimum absolute atomic E-state index is 0.320. The normalized spacial score (nSPS) is 12.0. The Morgan fingerprint density at radius 3 is 2.38 bits per heavy atom. The van der Waals surface area contributed by atoms with Crippen molar-refractivity contribution in [3.8, 4) is 0 Å². The van der Waals surface area contributed by atoms with Crippen molar-refractivity contribution in [1.29, 1.82) is 0 Å². The Hall–Kier alpha value is -1.66. The predicted octanol–water partition coefficient (Wildman–Crippen LogP) is 3.07. The van der Waals surface area contributed by atoms with Crippen molar-refractivity contribution in [3.05, 3.63) is 47.3 Å². The highest BCUT2D eigenvalue weighted by Crippen LogP contribution is 2.13. The van der Waals surface area contributed by atoms with Crippen LogP contribution < -0.4 is 4.72 Å². The first-order valence-corrected chi connectivity index (χ1v) is 9.86. The molecule has 0 bridgehead atoms. The second-order valence-electron chi connectivity index (χ2n) is 6.64. The van der Waals surface area contributed by atoms with Crippen LogP contribution in [0.5, 0.6) is 0 Å². The molecular formula is C18H27N3O2S. The Balaban J connectivity index is 1.88. The van der Waals surface area contributed by atoms with E-state index in [2.05, 4.69) is 23.7 Å². The zero-order valence-electron chi connectivity index (χ0n) is 14.9. The number of nitrogens with zero attached hydrogens (tertiary/aromatic N) is 2. The van der Waals surface area contributed by atoms with Gasteiger partial charge in [0.05, 0.1) is 10.6 Å². The van der Waals surface area contributed by atoms with E-state index in [1.54, 1.807) is 12.1 Å². The molecule has 0 spiro atoms. The number of hydrogen-bond acceptors (Lipinski definition) is 3. The molecule has 1 aromatic heterocycles. The van der Waals surface area contributed by atoms with E-state index < -0.39 is 10.0 Å². The second kappa shape index (κ2) is 7.94. The topological polar surface area (TPSA) is 64.0 Å². The maximum absolute atomic E-state index is 12.3. The van der Waals surface area contributed by atoms with Crippen molar-refractivity contribution < 1.29 is 8.42 Å². The van der Waals surface area contributed by atoms with Crippen LogP contribution in [0.15, 0.2) is 35.2 Å². The molecule has 0 fully saturated rings.